The predicted molar refractivity (Wildman–Crippen MR) is 139 cm³/mol. The molecule has 10 heteroatoms. The van der Waals surface area contributed by atoms with E-state index in [1.807, 2.05) is 69.2 Å². The van der Waals surface area contributed by atoms with Gasteiger partial charge in [-0.3, -0.25) is 4.79 Å². The van der Waals surface area contributed by atoms with Crippen molar-refractivity contribution in [1.82, 2.24) is 4.72 Å². The van der Waals surface area contributed by atoms with E-state index in [4.69, 9.17) is 18.5 Å². The zero-order chi connectivity index (χ0) is 26.0. The Morgan fingerprint density at radius 1 is 1.03 bits per heavy atom. The highest BCUT2D eigenvalue weighted by Gasteiger charge is 2.55. The number of esters is 1. The van der Waals surface area contributed by atoms with Gasteiger partial charge in [0.15, 0.2) is 8.32 Å². The second-order valence-corrected chi connectivity index (χ2v) is 19.4. The van der Waals surface area contributed by atoms with Gasteiger partial charge in [-0.05, 0) is 102 Å². The van der Waals surface area contributed by atoms with E-state index in [9.17, 15) is 9.35 Å². The average molecular weight is 506 g/mol. The maximum Gasteiger partial charge on any atom is 0.480 e. The fraction of sp³-hybridized carbons (Fsp3) is 0.957. The van der Waals surface area contributed by atoms with Crippen molar-refractivity contribution in [3.8, 4) is 0 Å². The molecule has 3 atom stereocenters. The molecule has 1 rings (SSSR count). The summed E-state index contributed by atoms with van der Waals surface area (Å²) in [6.07, 6.45) is 1.06. The van der Waals surface area contributed by atoms with Crippen molar-refractivity contribution in [1.29, 1.82) is 0 Å². The average Bonchev–Trinajstić information content (AvgIpc) is 2.74. The van der Waals surface area contributed by atoms with Crippen molar-refractivity contribution in [2.24, 2.45) is 0 Å². The SMILES string of the molecule is CC(C)(C)OC(=O)C[C@H](CC[C@H](N[S+]([O-])C(C)(C)C)B1OC(C)(C)C(C)(C)O1)O[Si](C)(C)C. The minimum Gasteiger partial charge on any atom is -0.598 e. The van der Waals surface area contributed by atoms with Crippen LogP contribution in [0.3, 0.4) is 0 Å². The molecule has 0 spiro atoms. The predicted octanol–water partition coefficient (Wildman–Crippen LogP) is 4.77. The van der Waals surface area contributed by atoms with E-state index in [1.54, 1.807) is 0 Å². The molecule has 1 fully saturated rings. The maximum atomic E-state index is 13.0. The minimum atomic E-state index is -1.91. The summed E-state index contributed by atoms with van der Waals surface area (Å²) in [5.74, 6) is -0.596. The molecule has 1 saturated heterocycles. The van der Waals surface area contributed by atoms with Gasteiger partial charge in [0.2, 0.25) is 0 Å². The molecule has 0 aliphatic carbocycles. The van der Waals surface area contributed by atoms with Crippen LogP contribution >= 0.6 is 0 Å². The Labute approximate surface area is 207 Å². The number of nitrogens with one attached hydrogen (secondary N) is 1. The molecule has 7 nitrogen and oxygen atoms in total. The second-order valence-electron chi connectivity index (χ2n) is 13.0. The molecule has 1 aliphatic heterocycles. The van der Waals surface area contributed by atoms with Gasteiger partial charge in [-0.1, -0.05) is 0 Å². The first-order valence-electron chi connectivity index (χ1n) is 12.0. The van der Waals surface area contributed by atoms with Gasteiger partial charge in [0, 0.05) is 11.4 Å². The van der Waals surface area contributed by atoms with Crippen LogP contribution in [0.5, 0.6) is 0 Å². The topological polar surface area (TPSA) is 89.1 Å². The van der Waals surface area contributed by atoms with Crippen molar-refractivity contribution in [2.45, 2.75) is 142 Å². The smallest absolute Gasteiger partial charge is 0.480 e. The molecule has 194 valence electrons. The molecule has 1 aliphatic rings. The molecular weight excluding hydrogens is 457 g/mol. The van der Waals surface area contributed by atoms with Crippen LogP contribution in [0.15, 0.2) is 0 Å². The monoisotopic (exact) mass is 505 g/mol. The summed E-state index contributed by atoms with van der Waals surface area (Å²) in [7, 11) is -2.47. The largest absolute Gasteiger partial charge is 0.598 e. The summed E-state index contributed by atoms with van der Waals surface area (Å²) in [5.41, 5.74) is -1.53. The molecule has 0 saturated carbocycles. The van der Waals surface area contributed by atoms with Gasteiger partial charge in [-0.2, -0.15) is 0 Å². The molecular formula is C23H48BNO6SSi. The number of carbonyl (C=O) groups excluding carboxylic acids is 1. The van der Waals surface area contributed by atoms with Crippen LogP contribution in [0.2, 0.25) is 19.6 Å². The summed E-state index contributed by atoms with van der Waals surface area (Å²) < 4.78 is 40.2. The fourth-order valence-electron chi connectivity index (χ4n) is 3.25. The van der Waals surface area contributed by atoms with Crippen molar-refractivity contribution >= 4 is 32.8 Å². The zero-order valence-electron chi connectivity index (χ0n) is 23.2. The summed E-state index contributed by atoms with van der Waals surface area (Å²) in [5, 5.41) is 0. The normalized spacial score (nSPS) is 21.6. The lowest BCUT2D eigenvalue weighted by molar-refractivity contribution is -0.156. The first-order chi connectivity index (χ1) is 14.5. The van der Waals surface area contributed by atoms with Gasteiger partial charge >= 0.3 is 13.1 Å². The Hall–Kier alpha value is -0.0982. The lowest BCUT2D eigenvalue weighted by Crippen LogP contribution is -2.52. The zero-order valence-corrected chi connectivity index (χ0v) is 25.0. The van der Waals surface area contributed by atoms with Crippen LogP contribution < -0.4 is 4.72 Å². The molecule has 33 heavy (non-hydrogen) atoms. The van der Waals surface area contributed by atoms with Gasteiger partial charge in [-0.15, -0.1) is 4.72 Å². The summed E-state index contributed by atoms with van der Waals surface area (Å²) in [6, 6.07) is 0. The first kappa shape index (κ1) is 30.9. The lowest BCUT2D eigenvalue weighted by atomic mass is 9.76. The fourth-order valence-corrected chi connectivity index (χ4v) is 5.31. The molecule has 0 amide bonds. The number of hydrogen-bond acceptors (Lipinski definition) is 7. The highest BCUT2D eigenvalue weighted by Crippen LogP contribution is 2.38. The summed E-state index contributed by atoms with van der Waals surface area (Å²) in [4.78, 5) is 12.5. The second kappa shape index (κ2) is 10.9. The Bertz CT molecular complexity index is 641. The van der Waals surface area contributed by atoms with Crippen LogP contribution in [0, 0.1) is 0 Å². The lowest BCUT2D eigenvalue weighted by Gasteiger charge is -2.32. The molecule has 0 aromatic heterocycles. The van der Waals surface area contributed by atoms with Crippen molar-refractivity contribution in [3.05, 3.63) is 0 Å². The van der Waals surface area contributed by atoms with Gasteiger partial charge in [-0.25, -0.2) is 0 Å². The molecule has 1 unspecified atom stereocenters. The van der Waals surface area contributed by atoms with Crippen LogP contribution in [0.25, 0.3) is 0 Å². The quantitative estimate of drug-likeness (QED) is 0.260. The van der Waals surface area contributed by atoms with Crippen LogP contribution in [-0.4, -0.2) is 59.6 Å². The highest BCUT2D eigenvalue weighted by atomic mass is 32.2. The van der Waals surface area contributed by atoms with Crippen molar-refractivity contribution in [3.63, 3.8) is 0 Å². The third-order valence-electron chi connectivity index (χ3n) is 5.55. The molecule has 0 aromatic carbocycles. The van der Waals surface area contributed by atoms with E-state index >= 15 is 0 Å². The van der Waals surface area contributed by atoms with Gasteiger partial charge in [0.1, 0.15) is 10.3 Å². The van der Waals surface area contributed by atoms with E-state index in [2.05, 4.69) is 24.4 Å². The summed E-state index contributed by atoms with van der Waals surface area (Å²) >= 11 is -1.30. The van der Waals surface area contributed by atoms with Crippen molar-refractivity contribution < 1.29 is 27.8 Å². The van der Waals surface area contributed by atoms with Crippen LogP contribution in [0.1, 0.15) is 88.5 Å². The Balaban J connectivity index is 3.03. The Morgan fingerprint density at radius 2 is 1.52 bits per heavy atom. The van der Waals surface area contributed by atoms with Gasteiger partial charge < -0.3 is 23.0 Å². The molecule has 1 heterocycles. The number of rotatable bonds is 10. The molecule has 1 N–H and O–H groups in total. The third-order valence-corrected chi connectivity index (χ3v) is 8.22. The minimum absolute atomic E-state index is 0.181. The number of hydrogen-bond donors (Lipinski definition) is 1. The Morgan fingerprint density at radius 3 is 1.91 bits per heavy atom. The van der Waals surface area contributed by atoms with Gasteiger partial charge in [0.25, 0.3) is 0 Å². The highest BCUT2D eigenvalue weighted by molar-refractivity contribution is 7.90. The Kier molecular flexibility index (Phi) is 10.2. The molecule has 0 aromatic rings. The maximum absolute atomic E-state index is 13.0. The van der Waals surface area contributed by atoms with E-state index < -0.39 is 48.3 Å². The van der Waals surface area contributed by atoms with Crippen LogP contribution in [0.4, 0.5) is 0 Å². The standard InChI is InChI=1S/C23H48BNO6SSi/c1-20(2,3)28-19(26)16-17(29-33(11,12)13)14-15-18(25-32(27)21(4,5)6)24-30-22(7,8)23(9,10)31-24/h17-18,25H,14-16H2,1-13H3/t17-,18-,32?/m0/s1. The number of ether oxygens (including phenoxy) is 1. The van der Waals surface area contributed by atoms with Gasteiger partial charge in [0.05, 0.1) is 29.7 Å². The summed E-state index contributed by atoms with van der Waals surface area (Å²) in [6.45, 7) is 25.7. The third kappa shape index (κ3) is 10.6. The van der Waals surface area contributed by atoms with Crippen LogP contribution in [-0.2, 0) is 34.6 Å². The van der Waals surface area contributed by atoms with E-state index in [0.29, 0.717) is 12.8 Å². The van der Waals surface area contributed by atoms with E-state index in [-0.39, 0.29) is 24.4 Å². The molecule has 0 bridgehead atoms. The first-order valence-corrected chi connectivity index (χ1v) is 16.5. The van der Waals surface area contributed by atoms with Crippen molar-refractivity contribution in [2.75, 3.05) is 0 Å². The van der Waals surface area contributed by atoms with E-state index in [1.165, 1.54) is 0 Å². The molecule has 0 radical (unpaired) electrons. The van der Waals surface area contributed by atoms with E-state index in [0.717, 1.165) is 0 Å². The number of carbonyl (C=O) groups is 1.